The van der Waals surface area contributed by atoms with Crippen molar-refractivity contribution in [2.24, 2.45) is 0 Å². The zero-order valence-corrected chi connectivity index (χ0v) is 13.2. The molecule has 0 atom stereocenters. The van der Waals surface area contributed by atoms with Gasteiger partial charge in [0.2, 0.25) is 0 Å². The molecule has 0 amide bonds. The highest BCUT2D eigenvalue weighted by Gasteiger charge is 2.09. The van der Waals surface area contributed by atoms with Gasteiger partial charge >= 0.3 is 0 Å². The van der Waals surface area contributed by atoms with Gasteiger partial charge in [-0.25, -0.2) is 9.07 Å². The molecule has 2 aromatic rings. The number of hydrogen-bond acceptors (Lipinski definition) is 4. The third-order valence-electron chi connectivity index (χ3n) is 3.77. The van der Waals surface area contributed by atoms with Gasteiger partial charge in [-0.3, -0.25) is 0 Å². The third kappa shape index (κ3) is 4.42. The molecule has 2 heterocycles. The summed E-state index contributed by atoms with van der Waals surface area (Å²) in [4.78, 5) is 2.47. The maximum absolute atomic E-state index is 12.9. The van der Waals surface area contributed by atoms with Crippen molar-refractivity contribution in [1.82, 2.24) is 19.9 Å². The lowest BCUT2D eigenvalue weighted by Crippen LogP contribution is -2.33. The second-order valence-corrected chi connectivity index (χ2v) is 5.35. The van der Waals surface area contributed by atoms with Crippen LogP contribution in [0.1, 0.15) is 19.3 Å². The van der Waals surface area contributed by atoms with E-state index in [1.54, 1.807) is 16.8 Å². The predicted molar refractivity (Wildman–Crippen MR) is 87.3 cm³/mol. The van der Waals surface area contributed by atoms with Gasteiger partial charge in [0.15, 0.2) is 5.82 Å². The summed E-state index contributed by atoms with van der Waals surface area (Å²) in [7, 11) is 0. The van der Waals surface area contributed by atoms with Gasteiger partial charge in [-0.2, -0.15) is 0 Å². The van der Waals surface area contributed by atoms with Gasteiger partial charge in [-0.1, -0.05) is 11.6 Å². The van der Waals surface area contributed by atoms with Crippen LogP contribution < -0.4 is 5.32 Å². The van der Waals surface area contributed by atoms with Crippen molar-refractivity contribution in [3.63, 3.8) is 0 Å². The molecule has 0 bridgehead atoms. The molecule has 1 aromatic carbocycles. The maximum Gasteiger partial charge on any atom is 0.169 e. The molecule has 0 saturated carbocycles. The van der Waals surface area contributed by atoms with Crippen LogP contribution in [-0.2, 0) is 0 Å². The first kappa shape index (κ1) is 16.7. The Morgan fingerprint density at radius 1 is 1.09 bits per heavy atom. The van der Waals surface area contributed by atoms with Crippen LogP contribution in [0.2, 0.25) is 0 Å². The SMILES string of the molecule is Cl.Fc1ccc(-n2cc(NCCN3CCCCC3)nn2)cc1. The Balaban J connectivity index is 0.00000176. The largest absolute Gasteiger partial charge is 0.366 e. The first-order chi connectivity index (χ1) is 10.3. The molecule has 120 valence electrons. The first-order valence-corrected chi connectivity index (χ1v) is 7.46. The molecule has 1 fully saturated rings. The Kier molecular flexibility index (Phi) is 6.15. The van der Waals surface area contributed by atoms with Gasteiger partial charge in [0.05, 0.1) is 11.9 Å². The van der Waals surface area contributed by atoms with Crippen LogP contribution >= 0.6 is 12.4 Å². The van der Waals surface area contributed by atoms with Crippen molar-refractivity contribution in [2.75, 3.05) is 31.5 Å². The van der Waals surface area contributed by atoms with E-state index in [1.807, 2.05) is 6.20 Å². The number of benzene rings is 1. The van der Waals surface area contributed by atoms with Gasteiger partial charge in [0.1, 0.15) is 5.82 Å². The fourth-order valence-corrected chi connectivity index (χ4v) is 2.59. The highest BCUT2D eigenvalue weighted by molar-refractivity contribution is 5.85. The summed E-state index contributed by atoms with van der Waals surface area (Å²) < 4.78 is 14.5. The van der Waals surface area contributed by atoms with Crippen molar-refractivity contribution in [1.29, 1.82) is 0 Å². The summed E-state index contributed by atoms with van der Waals surface area (Å²) >= 11 is 0. The molecule has 0 aliphatic carbocycles. The fraction of sp³-hybridized carbons (Fsp3) is 0.467. The van der Waals surface area contributed by atoms with E-state index in [-0.39, 0.29) is 18.2 Å². The van der Waals surface area contributed by atoms with Crippen molar-refractivity contribution >= 4 is 18.2 Å². The van der Waals surface area contributed by atoms with E-state index >= 15 is 0 Å². The van der Waals surface area contributed by atoms with Gasteiger partial charge in [-0.15, -0.1) is 17.5 Å². The van der Waals surface area contributed by atoms with E-state index in [4.69, 9.17) is 0 Å². The van der Waals surface area contributed by atoms with E-state index in [0.717, 1.165) is 24.6 Å². The molecule has 3 rings (SSSR count). The van der Waals surface area contributed by atoms with Crippen LogP contribution in [0.4, 0.5) is 10.2 Å². The van der Waals surface area contributed by atoms with Crippen molar-refractivity contribution < 1.29 is 4.39 Å². The second kappa shape index (κ2) is 8.10. The maximum atomic E-state index is 12.9. The van der Waals surface area contributed by atoms with Crippen LogP contribution in [-0.4, -0.2) is 46.1 Å². The second-order valence-electron chi connectivity index (χ2n) is 5.35. The summed E-state index contributed by atoms with van der Waals surface area (Å²) in [6.07, 6.45) is 5.79. The quantitative estimate of drug-likeness (QED) is 0.918. The molecule has 0 unspecified atom stereocenters. The third-order valence-corrected chi connectivity index (χ3v) is 3.77. The summed E-state index contributed by atoms with van der Waals surface area (Å²) in [6, 6.07) is 6.20. The number of nitrogens with zero attached hydrogens (tertiary/aromatic N) is 4. The number of piperidine rings is 1. The number of rotatable bonds is 5. The van der Waals surface area contributed by atoms with Crippen LogP contribution in [0.15, 0.2) is 30.5 Å². The number of likely N-dealkylation sites (tertiary alicyclic amines) is 1. The van der Waals surface area contributed by atoms with E-state index in [9.17, 15) is 4.39 Å². The van der Waals surface area contributed by atoms with Crippen LogP contribution in [0.25, 0.3) is 5.69 Å². The zero-order chi connectivity index (χ0) is 14.5. The molecule has 1 aliphatic rings. The molecule has 0 spiro atoms. The summed E-state index contributed by atoms with van der Waals surface area (Å²) in [6.45, 7) is 4.29. The van der Waals surface area contributed by atoms with Gasteiger partial charge in [0, 0.05) is 13.1 Å². The molecule has 5 nitrogen and oxygen atoms in total. The number of nitrogens with one attached hydrogen (secondary N) is 1. The minimum absolute atomic E-state index is 0. The Morgan fingerprint density at radius 2 is 1.82 bits per heavy atom. The molecule has 22 heavy (non-hydrogen) atoms. The summed E-state index contributed by atoms with van der Waals surface area (Å²) in [5, 5.41) is 11.4. The minimum Gasteiger partial charge on any atom is -0.366 e. The summed E-state index contributed by atoms with van der Waals surface area (Å²) in [5.74, 6) is 0.495. The molecule has 1 saturated heterocycles. The number of aromatic nitrogens is 3. The average molecular weight is 326 g/mol. The lowest BCUT2D eigenvalue weighted by atomic mass is 10.1. The molecular weight excluding hydrogens is 305 g/mol. The van der Waals surface area contributed by atoms with Crippen LogP contribution in [0, 0.1) is 5.82 Å². The van der Waals surface area contributed by atoms with Gasteiger partial charge in [-0.05, 0) is 50.2 Å². The number of halogens is 2. The standard InChI is InChI=1S/C15H20FN5.ClH/c16-13-4-6-14(7-5-13)21-12-15(18-19-21)17-8-11-20-9-2-1-3-10-20;/h4-7,12,17H,1-3,8-11H2;1H. The van der Waals surface area contributed by atoms with Crippen LogP contribution in [0.5, 0.6) is 0 Å². The summed E-state index contributed by atoms with van der Waals surface area (Å²) in [5.41, 5.74) is 0.799. The average Bonchev–Trinajstić information content (AvgIpc) is 2.98. The van der Waals surface area contributed by atoms with E-state index in [0.29, 0.717) is 0 Å². The molecule has 1 aromatic heterocycles. The van der Waals surface area contributed by atoms with Crippen molar-refractivity contribution in [3.8, 4) is 5.69 Å². The smallest absolute Gasteiger partial charge is 0.169 e. The Hall–Kier alpha value is -1.66. The zero-order valence-electron chi connectivity index (χ0n) is 12.4. The Morgan fingerprint density at radius 3 is 2.55 bits per heavy atom. The molecule has 1 aliphatic heterocycles. The van der Waals surface area contributed by atoms with E-state index in [2.05, 4.69) is 20.5 Å². The van der Waals surface area contributed by atoms with E-state index < -0.39 is 0 Å². The lowest BCUT2D eigenvalue weighted by Gasteiger charge is -2.26. The highest BCUT2D eigenvalue weighted by atomic mass is 35.5. The molecular formula is C15H21ClFN5. The highest BCUT2D eigenvalue weighted by Crippen LogP contribution is 2.11. The topological polar surface area (TPSA) is 46.0 Å². The Bertz CT molecular complexity index is 566. The normalized spacial score (nSPS) is 15.3. The minimum atomic E-state index is -0.251. The van der Waals surface area contributed by atoms with Crippen LogP contribution in [0.3, 0.4) is 0 Å². The van der Waals surface area contributed by atoms with E-state index in [1.165, 1.54) is 44.5 Å². The monoisotopic (exact) mass is 325 g/mol. The molecule has 7 heteroatoms. The number of anilines is 1. The van der Waals surface area contributed by atoms with Crippen molar-refractivity contribution in [2.45, 2.75) is 19.3 Å². The molecule has 1 N–H and O–H groups in total. The van der Waals surface area contributed by atoms with Gasteiger partial charge in [0.25, 0.3) is 0 Å². The van der Waals surface area contributed by atoms with Gasteiger partial charge < -0.3 is 10.2 Å². The van der Waals surface area contributed by atoms with Crippen molar-refractivity contribution in [3.05, 3.63) is 36.3 Å². The fourth-order valence-electron chi connectivity index (χ4n) is 2.59. The lowest BCUT2D eigenvalue weighted by molar-refractivity contribution is 0.237. The first-order valence-electron chi connectivity index (χ1n) is 7.46. The molecule has 0 radical (unpaired) electrons. The Labute approximate surface area is 135 Å². The number of hydrogen-bond donors (Lipinski definition) is 1. The predicted octanol–water partition coefficient (Wildman–Crippen LogP) is 2.73.